The maximum atomic E-state index is 5.77. The third-order valence-corrected chi connectivity index (χ3v) is 2.78. The summed E-state index contributed by atoms with van der Waals surface area (Å²) in [5, 5.41) is 3.56. The van der Waals surface area contributed by atoms with E-state index in [9.17, 15) is 0 Å². The first-order chi connectivity index (χ1) is 7.36. The summed E-state index contributed by atoms with van der Waals surface area (Å²) >= 11 is 6.88. The van der Waals surface area contributed by atoms with Crippen LogP contribution in [0.1, 0.15) is 12.2 Å². The van der Waals surface area contributed by atoms with Gasteiger partial charge in [-0.3, -0.25) is 0 Å². The van der Waals surface area contributed by atoms with E-state index in [0.717, 1.165) is 36.9 Å². The van der Waals surface area contributed by atoms with Crippen molar-refractivity contribution < 1.29 is 0 Å². The number of aryl methyl sites for hydroxylation is 1. The van der Waals surface area contributed by atoms with Gasteiger partial charge in [-0.15, -0.1) is 0 Å². The van der Waals surface area contributed by atoms with Gasteiger partial charge in [0.15, 0.2) is 11.0 Å². The minimum atomic E-state index is 0.443. The lowest BCUT2D eigenvalue weighted by atomic mass is 10.3. The zero-order chi connectivity index (χ0) is 10.5. The summed E-state index contributed by atoms with van der Waals surface area (Å²) in [6.07, 6.45) is 5.46. The second-order valence-electron chi connectivity index (χ2n) is 2.97. The van der Waals surface area contributed by atoms with Gasteiger partial charge in [-0.1, -0.05) is 11.6 Å². The first kappa shape index (κ1) is 10.4. The molecule has 0 aliphatic rings. The molecule has 2 N–H and O–H groups in total. The van der Waals surface area contributed by atoms with Crippen molar-refractivity contribution in [2.45, 2.75) is 12.8 Å². The van der Waals surface area contributed by atoms with E-state index in [1.54, 1.807) is 6.20 Å². The van der Waals surface area contributed by atoms with Crippen LogP contribution in [0.15, 0.2) is 12.4 Å². The number of aromatic nitrogens is 4. The molecule has 0 atom stereocenters. The second kappa shape index (κ2) is 5.09. The van der Waals surface area contributed by atoms with Crippen LogP contribution < -0.4 is 5.32 Å². The van der Waals surface area contributed by atoms with Crippen LogP contribution in [0.5, 0.6) is 0 Å². The minimum absolute atomic E-state index is 0.443. The number of anilines is 1. The first-order valence-electron chi connectivity index (χ1n) is 4.56. The van der Waals surface area contributed by atoms with Gasteiger partial charge in [0, 0.05) is 25.4 Å². The van der Waals surface area contributed by atoms with Gasteiger partial charge >= 0.3 is 0 Å². The SMILES string of the molecule is Clc1nsnc1NCCCc1ncc[nH]1. The van der Waals surface area contributed by atoms with Crippen LogP contribution in [0.25, 0.3) is 0 Å². The van der Waals surface area contributed by atoms with Gasteiger partial charge in [0.2, 0.25) is 0 Å². The molecule has 0 aliphatic carbocycles. The number of nitrogens with one attached hydrogen (secondary N) is 2. The standard InChI is InChI=1S/C8H10ClN5S/c9-7-8(14-15-13-7)12-3-1-2-6-10-4-5-11-6/h4-5H,1-3H2,(H,10,11)(H,12,14). The average molecular weight is 244 g/mol. The van der Waals surface area contributed by atoms with Crippen LogP contribution in [0.4, 0.5) is 5.82 Å². The zero-order valence-electron chi connectivity index (χ0n) is 7.90. The molecule has 0 fully saturated rings. The number of rotatable bonds is 5. The van der Waals surface area contributed by atoms with Crippen LogP contribution in [-0.2, 0) is 6.42 Å². The lowest BCUT2D eigenvalue weighted by Gasteiger charge is -2.01. The summed E-state index contributed by atoms with van der Waals surface area (Å²) in [5.74, 6) is 1.67. The fraction of sp³-hybridized carbons (Fsp3) is 0.375. The highest BCUT2D eigenvalue weighted by molar-refractivity contribution is 6.99. The van der Waals surface area contributed by atoms with Gasteiger partial charge in [0.05, 0.1) is 11.7 Å². The van der Waals surface area contributed by atoms with E-state index in [1.165, 1.54) is 0 Å². The summed E-state index contributed by atoms with van der Waals surface area (Å²) < 4.78 is 7.87. The molecule has 2 heterocycles. The summed E-state index contributed by atoms with van der Waals surface area (Å²) in [5.41, 5.74) is 0. The van der Waals surface area contributed by atoms with Crippen LogP contribution in [0.2, 0.25) is 5.15 Å². The van der Waals surface area contributed by atoms with Crippen LogP contribution in [-0.4, -0.2) is 25.3 Å². The van der Waals surface area contributed by atoms with E-state index in [2.05, 4.69) is 24.0 Å². The molecule has 80 valence electrons. The molecule has 0 aromatic carbocycles. The largest absolute Gasteiger partial charge is 0.367 e. The van der Waals surface area contributed by atoms with Gasteiger partial charge in [0.25, 0.3) is 0 Å². The highest BCUT2D eigenvalue weighted by Gasteiger charge is 2.03. The molecular formula is C8H10ClN5S. The number of imidazole rings is 1. The quantitative estimate of drug-likeness (QED) is 0.788. The molecule has 0 amide bonds. The predicted octanol–water partition coefficient (Wildman–Crippen LogP) is 1.96. The fourth-order valence-corrected chi connectivity index (χ4v) is 1.86. The van der Waals surface area contributed by atoms with Crippen molar-refractivity contribution in [3.63, 3.8) is 0 Å². The van der Waals surface area contributed by atoms with Crippen molar-refractivity contribution in [1.82, 2.24) is 18.7 Å². The normalized spacial score (nSPS) is 10.5. The molecule has 2 aromatic rings. The molecular weight excluding hydrogens is 234 g/mol. The van der Waals surface area contributed by atoms with Crippen LogP contribution in [0.3, 0.4) is 0 Å². The first-order valence-corrected chi connectivity index (χ1v) is 5.67. The molecule has 15 heavy (non-hydrogen) atoms. The molecule has 2 rings (SSSR count). The van der Waals surface area contributed by atoms with Crippen LogP contribution >= 0.6 is 23.3 Å². The Labute approximate surface area is 96.2 Å². The highest BCUT2D eigenvalue weighted by atomic mass is 35.5. The maximum absolute atomic E-state index is 5.77. The van der Waals surface area contributed by atoms with Gasteiger partial charge in [-0.2, -0.15) is 8.75 Å². The molecule has 0 radical (unpaired) electrons. The summed E-state index contributed by atoms with van der Waals surface area (Å²) in [7, 11) is 0. The summed E-state index contributed by atoms with van der Waals surface area (Å²) in [6, 6.07) is 0. The second-order valence-corrected chi connectivity index (χ2v) is 3.86. The van der Waals surface area contributed by atoms with E-state index in [4.69, 9.17) is 11.6 Å². The van der Waals surface area contributed by atoms with Crippen molar-refractivity contribution in [2.75, 3.05) is 11.9 Å². The van der Waals surface area contributed by atoms with Gasteiger partial charge in [-0.05, 0) is 6.42 Å². The Morgan fingerprint density at radius 3 is 3.07 bits per heavy atom. The zero-order valence-corrected chi connectivity index (χ0v) is 9.48. The molecule has 0 aliphatic heterocycles. The van der Waals surface area contributed by atoms with Gasteiger partial charge in [0.1, 0.15) is 5.82 Å². The van der Waals surface area contributed by atoms with Crippen molar-refractivity contribution in [3.8, 4) is 0 Å². The fourth-order valence-electron chi connectivity index (χ4n) is 1.18. The summed E-state index contributed by atoms with van der Waals surface area (Å²) in [4.78, 5) is 7.18. The lowest BCUT2D eigenvalue weighted by Crippen LogP contribution is -2.04. The molecule has 0 saturated carbocycles. The summed E-state index contributed by atoms with van der Waals surface area (Å²) in [6.45, 7) is 0.811. The Morgan fingerprint density at radius 1 is 1.47 bits per heavy atom. The van der Waals surface area contributed by atoms with E-state index in [-0.39, 0.29) is 0 Å². The number of hydrogen-bond acceptors (Lipinski definition) is 5. The monoisotopic (exact) mass is 243 g/mol. The minimum Gasteiger partial charge on any atom is -0.367 e. The molecule has 7 heteroatoms. The number of hydrogen-bond donors (Lipinski definition) is 2. The highest BCUT2D eigenvalue weighted by Crippen LogP contribution is 2.17. The maximum Gasteiger partial charge on any atom is 0.186 e. The average Bonchev–Trinajstić information content (AvgIpc) is 2.85. The van der Waals surface area contributed by atoms with Gasteiger partial charge < -0.3 is 10.3 Å². The topological polar surface area (TPSA) is 66.5 Å². The Morgan fingerprint density at radius 2 is 2.40 bits per heavy atom. The number of aromatic amines is 1. The Kier molecular flexibility index (Phi) is 3.52. The third kappa shape index (κ3) is 2.90. The van der Waals surface area contributed by atoms with Crippen molar-refractivity contribution in [1.29, 1.82) is 0 Å². The Hall–Kier alpha value is -1.14. The molecule has 0 unspecified atom stereocenters. The Balaban J connectivity index is 1.70. The molecule has 0 bridgehead atoms. The molecule has 0 saturated heterocycles. The molecule has 0 spiro atoms. The van der Waals surface area contributed by atoms with E-state index in [1.807, 2.05) is 6.20 Å². The predicted molar refractivity (Wildman–Crippen MR) is 60.3 cm³/mol. The third-order valence-electron chi connectivity index (χ3n) is 1.89. The smallest absolute Gasteiger partial charge is 0.186 e. The molecule has 5 nitrogen and oxygen atoms in total. The lowest BCUT2D eigenvalue weighted by molar-refractivity contribution is 0.815. The van der Waals surface area contributed by atoms with E-state index >= 15 is 0 Å². The number of nitrogens with zero attached hydrogens (tertiary/aromatic N) is 3. The number of halogens is 1. The van der Waals surface area contributed by atoms with E-state index in [0.29, 0.717) is 11.0 Å². The van der Waals surface area contributed by atoms with Crippen LogP contribution in [0, 0.1) is 0 Å². The van der Waals surface area contributed by atoms with E-state index < -0.39 is 0 Å². The van der Waals surface area contributed by atoms with Gasteiger partial charge in [-0.25, -0.2) is 4.98 Å². The van der Waals surface area contributed by atoms with Crippen molar-refractivity contribution in [2.24, 2.45) is 0 Å². The molecule has 2 aromatic heterocycles. The Bertz CT molecular complexity index is 399. The number of H-pyrrole nitrogens is 1. The van der Waals surface area contributed by atoms with Crippen molar-refractivity contribution in [3.05, 3.63) is 23.4 Å². The van der Waals surface area contributed by atoms with Crippen molar-refractivity contribution >= 4 is 29.1 Å².